The lowest BCUT2D eigenvalue weighted by Gasteiger charge is -2.29. The predicted octanol–water partition coefficient (Wildman–Crippen LogP) is 3.73. The molecule has 0 saturated carbocycles. The summed E-state index contributed by atoms with van der Waals surface area (Å²) in [5.74, 6) is -0.645. The minimum Gasteiger partial charge on any atom is -0.459 e. The maximum Gasteiger partial charge on any atom is 0.334 e. The number of hydrogen-bond donors (Lipinski definition) is 0. The summed E-state index contributed by atoms with van der Waals surface area (Å²) >= 11 is 0. The van der Waals surface area contributed by atoms with Gasteiger partial charge in [0.1, 0.15) is 12.2 Å². The zero-order valence-corrected chi connectivity index (χ0v) is 14.3. The first-order chi connectivity index (χ1) is 10.8. The lowest BCUT2D eigenvalue weighted by Crippen LogP contribution is -2.31. The highest BCUT2D eigenvalue weighted by atomic mass is 16.6. The summed E-state index contributed by atoms with van der Waals surface area (Å²) in [6.45, 7) is 13.3. The number of carbonyl (C=O) groups excluding carboxylic acids is 2. The van der Waals surface area contributed by atoms with Crippen LogP contribution in [-0.2, 0) is 19.1 Å². The zero-order chi connectivity index (χ0) is 17.1. The standard InChI is InChI=1S/C19H26O4/c1-11(2)18(20)22-16-10-15-14(5)19(21)23-17(15)9-12(3)7-6-8-13(16)4/h9,13,15-17H,1,5-8,10H2,2-4H3. The molecule has 4 heteroatoms. The Hall–Kier alpha value is -1.84. The van der Waals surface area contributed by atoms with Crippen LogP contribution in [0.15, 0.2) is 36.0 Å². The van der Waals surface area contributed by atoms with Crippen LogP contribution in [0.25, 0.3) is 0 Å². The molecule has 1 heterocycles. The van der Waals surface area contributed by atoms with E-state index in [0.29, 0.717) is 17.6 Å². The average molecular weight is 318 g/mol. The van der Waals surface area contributed by atoms with Crippen molar-refractivity contribution in [3.8, 4) is 0 Å². The summed E-state index contributed by atoms with van der Waals surface area (Å²) in [7, 11) is 0. The van der Waals surface area contributed by atoms with Crippen LogP contribution in [0.3, 0.4) is 0 Å². The number of ether oxygens (including phenoxy) is 2. The first-order valence-electron chi connectivity index (χ1n) is 8.23. The van der Waals surface area contributed by atoms with Crippen molar-refractivity contribution in [3.63, 3.8) is 0 Å². The van der Waals surface area contributed by atoms with Gasteiger partial charge in [0.2, 0.25) is 0 Å². The van der Waals surface area contributed by atoms with E-state index in [2.05, 4.69) is 27.0 Å². The van der Waals surface area contributed by atoms with E-state index in [1.165, 1.54) is 5.57 Å². The molecule has 0 radical (unpaired) electrons. The SMILES string of the molecule is C=C(C)C(=O)OC1CC2C(=C)C(=O)OC2C=C(C)CCCC1C. The van der Waals surface area contributed by atoms with Crippen molar-refractivity contribution in [2.45, 2.75) is 58.7 Å². The van der Waals surface area contributed by atoms with Crippen LogP contribution < -0.4 is 0 Å². The molecular weight excluding hydrogens is 292 g/mol. The van der Waals surface area contributed by atoms with E-state index < -0.39 is 0 Å². The van der Waals surface area contributed by atoms with Crippen molar-refractivity contribution in [3.05, 3.63) is 36.0 Å². The van der Waals surface area contributed by atoms with Crippen molar-refractivity contribution in [2.24, 2.45) is 11.8 Å². The molecule has 4 nitrogen and oxygen atoms in total. The van der Waals surface area contributed by atoms with E-state index in [1.807, 2.05) is 6.08 Å². The molecule has 4 unspecified atom stereocenters. The van der Waals surface area contributed by atoms with Crippen LogP contribution >= 0.6 is 0 Å². The van der Waals surface area contributed by atoms with E-state index in [9.17, 15) is 9.59 Å². The zero-order valence-electron chi connectivity index (χ0n) is 14.3. The fraction of sp³-hybridized carbons (Fsp3) is 0.579. The van der Waals surface area contributed by atoms with E-state index in [4.69, 9.17) is 9.47 Å². The van der Waals surface area contributed by atoms with Crippen molar-refractivity contribution in [1.29, 1.82) is 0 Å². The lowest BCUT2D eigenvalue weighted by atomic mass is 9.83. The maximum atomic E-state index is 11.9. The third-order valence-corrected chi connectivity index (χ3v) is 4.76. The molecule has 0 amide bonds. The second-order valence-corrected chi connectivity index (χ2v) is 6.84. The van der Waals surface area contributed by atoms with Gasteiger partial charge < -0.3 is 9.47 Å². The Kier molecular flexibility index (Phi) is 5.45. The summed E-state index contributed by atoms with van der Waals surface area (Å²) in [5.41, 5.74) is 2.09. The Balaban J connectivity index is 2.26. The number of fused-ring (bicyclic) bond motifs is 1. The Morgan fingerprint density at radius 2 is 2.13 bits per heavy atom. The van der Waals surface area contributed by atoms with Crippen LogP contribution in [0, 0.1) is 11.8 Å². The number of esters is 2. The predicted molar refractivity (Wildman–Crippen MR) is 88.6 cm³/mol. The molecule has 1 fully saturated rings. The summed E-state index contributed by atoms with van der Waals surface area (Å²) in [6.07, 6.45) is 4.97. The van der Waals surface area contributed by atoms with Gasteiger partial charge in [0.05, 0.1) is 0 Å². The second-order valence-electron chi connectivity index (χ2n) is 6.84. The third-order valence-electron chi connectivity index (χ3n) is 4.76. The van der Waals surface area contributed by atoms with Crippen LogP contribution in [0.4, 0.5) is 0 Å². The van der Waals surface area contributed by atoms with Gasteiger partial charge in [0.15, 0.2) is 0 Å². The van der Waals surface area contributed by atoms with Crippen molar-refractivity contribution in [1.82, 2.24) is 0 Å². The normalized spacial score (nSPS) is 31.7. The molecule has 1 aliphatic heterocycles. The van der Waals surface area contributed by atoms with Gasteiger partial charge in [-0.2, -0.15) is 0 Å². The topological polar surface area (TPSA) is 52.6 Å². The number of carbonyl (C=O) groups is 2. The van der Waals surface area contributed by atoms with Gasteiger partial charge in [-0.05, 0) is 51.5 Å². The molecule has 1 aliphatic carbocycles. The molecule has 126 valence electrons. The van der Waals surface area contributed by atoms with Crippen LogP contribution in [0.2, 0.25) is 0 Å². The molecule has 0 spiro atoms. The molecule has 23 heavy (non-hydrogen) atoms. The van der Waals surface area contributed by atoms with E-state index in [1.54, 1.807) is 6.92 Å². The Morgan fingerprint density at radius 3 is 2.78 bits per heavy atom. The molecule has 1 saturated heterocycles. The third kappa shape index (κ3) is 4.12. The van der Waals surface area contributed by atoms with Crippen LogP contribution in [0.1, 0.15) is 46.5 Å². The Labute approximate surface area is 138 Å². The monoisotopic (exact) mass is 318 g/mol. The Bertz CT molecular complexity index is 558. The fourth-order valence-electron chi connectivity index (χ4n) is 3.20. The first kappa shape index (κ1) is 17.5. The molecular formula is C19H26O4. The van der Waals surface area contributed by atoms with Gasteiger partial charge in [0, 0.05) is 17.1 Å². The van der Waals surface area contributed by atoms with Gasteiger partial charge in [-0.25, -0.2) is 9.59 Å². The Morgan fingerprint density at radius 1 is 1.43 bits per heavy atom. The minimum atomic E-state index is -0.377. The van der Waals surface area contributed by atoms with Gasteiger partial charge >= 0.3 is 11.9 Å². The lowest BCUT2D eigenvalue weighted by molar-refractivity contribution is -0.148. The van der Waals surface area contributed by atoms with E-state index >= 15 is 0 Å². The van der Waals surface area contributed by atoms with Crippen molar-refractivity contribution in [2.75, 3.05) is 0 Å². The highest BCUT2D eigenvalue weighted by molar-refractivity contribution is 5.91. The quantitative estimate of drug-likeness (QED) is 0.442. The van der Waals surface area contributed by atoms with E-state index in [0.717, 1.165) is 19.3 Å². The molecule has 0 aromatic heterocycles. The van der Waals surface area contributed by atoms with E-state index in [-0.39, 0.29) is 36.0 Å². The molecule has 0 aromatic carbocycles. The molecule has 4 atom stereocenters. The number of hydrogen-bond acceptors (Lipinski definition) is 4. The van der Waals surface area contributed by atoms with Gasteiger partial charge in [-0.15, -0.1) is 0 Å². The number of allylic oxidation sites excluding steroid dienone is 1. The molecule has 2 aliphatic rings. The first-order valence-corrected chi connectivity index (χ1v) is 8.23. The second kappa shape index (κ2) is 7.16. The van der Waals surface area contributed by atoms with Gasteiger partial charge in [0.25, 0.3) is 0 Å². The van der Waals surface area contributed by atoms with Crippen LogP contribution in [-0.4, -0.2) is 24.1 Å². The smallest absolute Gasteiger partial charge is 0.334 e. The molecule has 0 bridgehead atoms. The van der Waals surface area contributed by atoms with Crippen molar-refractivity contribution < 1.29 is 19.1 Å². The highest BCUT2D eigenvalue weighted by Gasteiger charge is 2.40. The highest BCUT2D eigenvalue weighted by Crippen LogP contribution is 2.36. The van der Waals surface area contributed by atoms with Gasteiger partial charge in [-0.3, -0.25) is 0 Å². The summed E-state index contributed by atoms with van der Waals surface area (Å²) in [4.78, 5) is 23.8. The molecule has 0 aromatic rings. The fourth-order valence-corrected chi connectivity index (χ4v) is 3.20. The molecule has 0 N–H and O–H groups in total. The summed E-state index contributed by atoms with van der Waals surface area (Å²) in [5, 5.41) is 0. The van der Waals surface area contributed by atoms with Crippen LogP contribution in [0.5, 0.6) is 0 Å². The minimum absolute atomic E-state index is 0.138. The molecule has 2 rings (SSSR count). The summed E-state index contributed by atoms with van der Waals surface area (Å²) in [6, 6.07) is 0. The largest absolute Gasteiger partial charge is 0.459 e. The van der Waals surface area contributed by atoms with Crippen molar-refractivity contribution >= 4 is 11.9 Å². The number of rotatable bonds is 2. The maximum absolute atomic E-state index is 11.9. The van der Waals surface area contributed by atoms with Gasteiger partial charge in [-0.1, -0.05) is 25.7 Å². The summed E-state index contributed by atoms with van der Waals surface area (Å²) < 4.78 is 11.1. The average Bonchev–Trinajstić information content (AvgIpc) is 2.73.